The number of rotatable bonds is 3. The molecule has 0 spiro atoms. The van der Waals surface area contributed by atoms with Crippen LogP contribution < -0.4 is 5.32 Å². The van der Waals surface area contributed by atoms with Crippen molar-refractivity contribution in [2.45, 2.75) is 6.54 Å². The standard InChI is InChI=1S/C9H9Cl2N5/c1-16-14-9(13-15-16)5-12-6-2-3-7(10)8(11)4-6/h2-4,12H,5H2,1H3. The van der Waals surface area contributed by atoms with Crippen molar-refractivity contribution < 1.29 is 0 Å². The molecule has 0 unspecified atom stereocenters. The van der Waals surface area contributed by atoms with Gasteiger partial charge in [-0.25, -0.2) is 0 Å². The quantitative estimate of drug-likeness (QED) is 0.916. The zero-order valence-corrected chi connectivity index (χ0v) is 10.00. The van der Waals surface area contributed by atoms with Crippen LogP contribution >= 0.6 is 23.2 Å². The third kappa shape index (κ3) is 2.62. The SMILES string of the molecule is Cn1nnc(CNc2ccc(Cl)c(Cl)c2)n1. The molecule has 0 saturated carbocycles. The van der Waals surface area contributed by atoms with Crippen LogP contribution in [0.5, 0.6) is 0 Å². The van der Waals surface area contributed by atoms with E-state index in [0.29, 0.717) is 22.4 Å². The number of hydrogen-bond donors (Lipinski definition) is 1. The van der Waals surface area contributed by atoms with E-state index in [1.807, 2.05) is 6.07 Å². The second kappa shape index (κ2) is 4.67. The highest BCUT2D eigenvalue weighted by Gasteiger charge is 2.02. The number of hydrogen-bond acceptors (Lipinski definition) is 4. The van der Waals surface area contributed by atoms with Gasteiger partial charge in [0.2, 0.25) is 0 Å². The molecule has 0 amide bonds. The number of nitrogens with one attached hydrogen (secondary N) is 1. The third-order valence-corrected chi connectivity index (χ3v) is 2.66. The largest absolute Gasteiger partial charge is 0.378 e. The maximum absolute atomic E-state index is 5.88. The van der Waals surface area contributed by atoms with Crippen molar-refractivity contribution in [1.82, 2.24) is 20.2 Å². The van der Waals surface area contributed by atoms with Crippen molar-refractivity contribution in [3.63, 3.8) is 0 Å². The highest BCUT2D eigenvalue weighted by Crippen LogP contribution is 2.24. The van der Waals surface area contributed by atoms with E-state index in [4.69, 9.17) is 23.2 Å². The van der Waals surface area contributed by atoms with E-state index in [-0.39, 0.29) is 0 Å². The van der Waals surface area contributed by atoms with Crippen LogP contribution in [0.25, 0.3) is 0 Å². The summed E-state index contributed by atoms with van der Waals surface area (Å²) < 4.78 is 0. The topological polar surface area (TPSA) is 55.6 Å². The lowest BCUT2D eigenvalue weighted by molar-refractivity contribution is 0.628. The molecule has 0 atom stereocenters. The van der Waals surface area contributed by atoms with Crippen LogP contribution in [0.1, 0.15) is 5.82 Å². The zero-order chi connectivity index (χ0) is 11.5. The average molecular weight is 258 g/mol. The summed E-state index contributed by atoms with van der Waals surface area (Å²) in [7, 11) is 1.72. The zero-order valence-electron chi connectivity index (χ0n) is 8.48. The third-order valence-electron chi connectivity index (χ3n) is 1.92. The van der Waals surface area contributed by atoms with Crippen LogP contribution in [0.3, 0.4) is 0 Å². The van der Waals surface area contributed by atoms with Crippen molar-refractivity contribution in [2.24, 2.45) is 7.05 Å². The number of aryl methyl sites for hydroxylation is 1. The predicted octanol–water partition coefficient (Wildman–Crippen LogP) is 2.13. The molecule has 0 aliphatic heterocycles. The second-order valence-corrected chi connectivity index (χ2v) is 3.99. The Morgan fingerprint density at radius 1 is 1.31 bits per heavy atom. The van der Waals surface area contributed by atoms with E-state index in [2.05, 4.69) is 20.7 Å². The Labute approximate surface area is 102 Å². The summed E-state index contributed by atoms with van der Waals surface area (Å²) in [5.41, 5.74) is 0.863. The Morgan fingerprint density at radius 2 is 2.12 bits per heavy atom. The first-order valence-electron chi connectivity index (χ1n) is 4.57. The van der Waals surface area contributed by atoms with Crippen molar-refractivity contribution >= 4 is 28.9 Å². The van der Waals surface area contributed by atoms with Gasteiger partial charge in [-0.3, -0.25) is 0 Å². The number of tetrazole rings is 1. The average Bonchev–Trinajstić information content (AvgIpc) is 2.66. The van der Waals surface area contributed by atoms with E-state index in [9.17, 15) is 0 Å². The minimum Gasteiger partial charge on any atom is -0.378 e. The lowest BCUT2D eigenvalue weighted by Gasteiger charge is -2.04. The van der Waals surface area contributed by atoms with Crippen LogP contribution in [0.4, 0.5) is 5.69 Å². The molecular formula is C9H9Cl2N5. The first-order valence-corrected chi connectivity index (χ1v) is 5.32. The molecule has 2 aromatic rings. The van der Waals surface area contributed by atoms with E-state index in [0.717, 1.165) is 5.69 Å². The molecule has 0 aliphatic carbocycles. The molecular weight excluding hydrogens is 249 g/mol. The fraction of sp³-hybridized carbons (Fsp3) is 0.222. The summed E-state index contributed by atoms with van der Waals surface area (Å²) in [6, 6.07) is 5.32. The fourth-order valence-corrected chi connectivity index (χ4v) is 1.48. The summed E-state index contributed by atoms with van der Waals surface area (Å²) in [6.07, 6.45) is 0. The molecule has 84 valence electrons. The van der Waals surface area contributed by atoms with Gasteiger partial charge in [0.05, 0.1) is 23.6 Å². The van der Waals surface area contributed by atoms with Gasteiger partial charge in [-0.2, -0.15) is 4.80 Å². The van der Waals surface area contributed by atoms with Gasteiger partial charge in [0, 0.05) is 5.69 Å². The highest BCUT2D eigenvalue weighted by molar-refractivity contribution is 6.42. The number of nitrogens with zero attached hydrogens (tertiary/aromatic N) is 4. The smallest absolute Gasteiger partial charge is 0.193 e. The number of anilines is 1. The molecule has 1 N–H and O–H groups in total. The summed E-state index contributed by atoms with van der Waals surface area (Å²) in [6.45, 7) is 0.492. The van der Waals surface area contributed by atoms with Gasteiger partial charge >= 0.3 is 0 Å². The fourth-order valence-electron chi connectivity index (χ4n) is 1.18. The van der Waals surface area contributed by atoms with Crippen LogP contribution in [0.15, 0.2) is 18.2 Å². The van der Waals surface area contributed by atoms with Gasteiger partial charge in [0.1, 0.15) is 0 Å². The number of benzene rings is 1. The summed E-state index contributed by atoms with van der Waals surface area (Å²) >= 11 is 11.7. The van der Waals surface area contributed by atoms with E-state index < -0.39 is 0 Å². The molecule has 0 radical (unpaired) electrons. The van der Waals surface area contributed by atoms with Gasteiger partial charge in [-0.15, -0.1) is 10.2 Å². The van der Waals surface area contributed by atoms with Crippen LogP contribution in [0, 0.1) is 0 Å². The Balaban J connectivity index is 2.02. The molecule has 0 aliphatic rings. The molecule has 1 heterocycles. The molecule has 0 saturated heterocycles. The Kier molecular flexibility index (Phi) is 3.26. The predicted molar refractivity (Wildman–Crippen MR) is 62.6 cm³/mol. The molecule has 2 rings (SSSR count). The molecule has 1 aromatic carbocycles. The number of halogens is 2. The molecule has 16 heavy (non-hydrogen) atoms. The summed E-state index contributed by atoms with van der Waals surface area (Å²) in [4.78, 5) is 1.41. The van der Waals surface area contributed by atoms with Crippen molar-refractivity contribution in [2.75, 3.05) is 5.32 Å². The Bertz CT molecular complexity index is 496. The van der Waals surface area contributed by atoms with Gasteiger partial charge in [-0.05, 0) is 23.4 Å². The highest BCUT2D eigenvalue weighted by atomic mass is 35.5. The van der Waals surface area contributed by atoms with Gasteiger partial charge < -0.3 is 5.32 Å². The van der Waals surface area contributed by atoms with Gasteiger partial charge in [-0.1, -0.05) is 23.2 Å². The summed E-state index contributed by atoms with van der Waals surface area (Å²) in [5, 5.41) is 15.8. The van der Waals surface area contributed by atoms with Crippen LogP contribution in [-0.4, -0.2) is 20.2 Å². The van der Waals surface area contributed by atoms with Crippen molar-refractivity contribution in [1.29, 1.82) is 0 Å². The van der Waals surface area contributed by atoms with E-state index in [1.54, 1.807) is 19.2 Å². The molecule has 7 heteroatoms. The maximum Gasteiger partial charge on any atom is 0.193 e. The Hall–Kier alpha value is -1.33. The minimum absolute atomic E-state index is 0.492. The molecule has 5 nitrogen and oxygen atoms in total. The first-order chi connectivity index (χ1) is 7.65. The normalized spacial score (nSPS) is 10.4. The van der Waals surface area contributed by atoms with Crippen molar-refractivity contribution in [3.8, 4) is 0 Å². The summed E-state index contributed by atoms with van der Waals surface area (Å²) in [5.74, 6) is 0.619. The van der Waals surface area contributed by atoms with Crippen molar-refractivity contribution in [3.05, 3.63) is 34.1 Å². The second-order valence-electron chi connectivity index (χ2n) is 3.18. The van der Waals surface area contributed by atoms with Crippen LogP contribution in [0.2, 0.25) is 10.0 Å². The number of aromatic nitrogens is 4. The first kappa shape index (κ1) is 11.2. The molecule has 1 aromatic heterocycles. The van der Waals surface area contributed by atoms with E-state index >= 15 is 0 Å². The minimum atomic E-state index is 0.492. The maximum atomic E-state index is 5.88. The monoisotopic (exact) mass is 257 g/mol. The molecule has 0 fully saturated rings. The lowest BCUT2D eigenvalue weighted by atomic mass is 10.3. The van der Waals surface area contributed by atoms with Gasteiger partial charge in [0.25, 0.3) is 0 Å². The lowest BCUT2D eigenvalue weighted by Crippen LogP contribution is -2.02. The van der Waals surface area contributed by atoms with Crippen LogP contribution in [-0.2, 0) is 13.6 Å². The van der Waals surface area contributed by atoms with E-state index in [1.165, 1.54) is 4.80 Å². The Morgan fingerprint density at radius 3 is 2.75 bits per heavy atom. The van der Waals surface area contributed by atoms with Gasteiger partial charge in [0.15, 0.2) is 5.82 Å². The molecule has 0 bridgehead atoms.